The summed E-state index contributed by atoms with van der Waals surface area (Å²) in [4.78, 5) is 37.0. The largest absolute Gasteiger partial charge is 0.726 e. The molecule has 0 fully saturated rings. The van der Waals surface area contributed by atoms with Crippen molar-refractivity contribution >= 4 is 28.9 Å². The summed E-state index contributed by atoms with van der Waals surface area (Å²) in [5.41, 5.74) is 0. The van der Waals surface area contributed by atoms with Crippen LogP contribution in [0.25, 0.3) is 0 Å². The molecule has 0 radical (unpaired) electrons. The first-order valence-corrected chi connectivity index (χ1v) is 15.6. The Morgan fingerprint density at radius 2 is 0.830 bits per heavy atom. The summed E-state index contributed by atoms with van der Waals surface area (Å²) in [6.07, 6.45) is -2.54. The zero-order valence-electron chi connectivity index (χ0n) is 26.7. The van der Waals surface area contributed by atoms with Gasteiger partial charge >= 0.3 is 18.5 Å². The number of nitrogens with zero attached hydrogens (tertiary/aromatic N) is 1. The van der Waals surface area contributed by atoms with Gasteiger partial charge in [0.2, 0.25) is 10.4 Å². The van der Waals surface area contributed by atoms with E-state index in [0.717, 1.165) is 7.11 Å². The fourth-order valence-electron chi connectivity index (χ4n) is 4.19. The van der Waals surface area contributed by atoms with Crippen LogP contribution in [-0.2, 0) is 28.8 Å². The van der Waals surface area contributed by atoms with Crippen molar-refractivity contribution in [3.05, 3.63) is 91.0 Å². The van der Waals surface area contributed by atoms with Crippen LogP contribution in [0.4, 0.5) is 14.4 Å². The Hall–Kier alpha value is -4.70. The van der Waals surface area contributed by atoms with Gasteiger partial charge in [0.15, 0.2) is 0 Å². The molecule has 0 spiro atoms. The summed E-state index contributed by atoms with van der Waals surface area (Å²) in [6, 6.07) is 24.8. The van der Waals surface area contributed by atoms with Gasteiger partial charge in [0.25, 0.3) is 0 Å². The predicted octanol–water partition coefficient (Wildman–Crippen LogP) is 5.34. The Morgan fingerprint density at radius 1 is 0.596 bits per heavy atom. The molecule has 3 aromatic rings. The van der Waals surface area contributed by atoms with Gasteiger partial charge in [-0.1, -0.05) is 54.6 Å². The van der Waals surface area contributed by atoms with Gasteiger partial charge in [0.1, 0.15) is 55.2 Å². The number of quaternary nitrogens is 1. The number of rotatable bonds is 13. The van der Waals surface area contributed by atoms with E-state index in [1.54, 1.807) is 91.0 Å². The zero-order chi connectivity index (χ0) is 34.9. The van der Waals surface area contributed by atoms with E-state index in [1.807, 2.05) is 27.8 Å². The van der Waals surface area contributed by atoms with Crippen molar-refractivity contribution < 1.29 is 64.4 Å². The molecule has 0 aliphatic rings. The summed E-state index contributed by atoms with van der Waals surface area (Å²) in [6.45, 7) is 5.60. The van der Waals surface area contributed by atoms with Crippen LogP contribution >= 0.6 is 0 Å². The lowest BCUT2D eigenvalue weighted by Crippen LogP contribution is -2.65. The molecule has 0 N–H and O–H groups in total. The molecular weight excluding hydrogens is 638 g/mol. The summed E-state index contributed by atoms with van der Waals surface area (Å²) in [5, 5.41) is 0. The lowest BCUT2D eigenvalue weighted by atomic mass is 10.1. The van der Waals surface area contributed by atoms with Crippen LogP contribution in [0.1, 0.15) is 20.8 Å². The maximum atomic E-state index is 12.3. The maximum absolute atomic E-state index is 12.3. The third-order valence-electron chi connectivity index (χ3n) is 7.21. The van der Waals surface area contributed by atoms with Crippen LogP contribution in [0.5, 0.6) is 17.2 Å². The standard InChI is InChI=1S/C31H36NO9.CH4O4S/c1-23(20-36-29(33)39-26-14-8-5-9-15-26)32(4,24(2)21-37-30(34)40-27-16-10-6-11-17-27)25(3)22-38-31(35)41-28-18-12-7-13-19-28;1-5-6(2,3)4/h5-19,23-25H,20-22H2,1-4H3;1H3,(H,2,3,4)/q+1;/p-1. The molecule has 0 aliphatic carbocycles. The number of likely N-dealkylation sites (N-methyl/N-ethyl adjacent to an activating group) is 1. The van der Waals surface area contributed by atoms with E-state index in [-0.39, 0.29) is 42.4 Å². The highest BCUT2D eigenvalue weighted by Crippen LogP contribution is 2.24. The van der Waals surface area contributed by atoms with E-state index >= 15 is 0 Å². The first kappa shape index (κ1) is 38.5. The fraction of sp³-hybridized carbons (Fsp3) is 0.344. The highest BCUT2D eigenvalue weighted by atomic mass is 32.3. The minimum atomic E-state index is -4.41. The van der Waals surface area contributed by atoms with Gasteiger partial charge in [-0.15, -0.1) is 0 Å². The van der Waals surface area contributed by atoms with Gasteiger partial charge in [0.05, 0.1) is 14.2 Å². The van der Waals surface area contributed by atoms with Crippen molar-refractivity contribution in [3.63, 3.8) is 0 Å². The van der Waals surface area contributed by atoms with Gasteiger partial charge in [-0.2, -0.15) is 0 Å². The SMILES string of the molecule is CC(COC(=O)Oc1ccccc1)[N+](C)(C(C)COC(=O)Oc1ccccc1)C(C)COC(=O)Oc1ccccc1.COS(=O)(=O)[O-]. The monoisotopic (exact) mass is 677 g/mol. The molecule has 0 heterocycles. The van der Waals surface area contributed by atoms with E-state index in [4.69, 9.17) is 28.4 Å². The van der Waals surface area contributed by atoms with E-state index in [2.05, 4.69) is 4.18 Å². The average Bonchev–Trinajstić information content (AvgIpc) is 3.06. The molecule has 0 saturated carbocycles. The van der Waals surface area contributed by atoms with Gasteiger partial charge in [-0.25, -0.2) is 22.8 Å². The maximum Gasteiger partial charge on any atom is 0.514 e. The zero-order valence-corrected chi connectivity index (χ0v) is 27.5. The van der Waals surface area contributed by atoms with Crippen molar-refractivity contribution in [2.45, 2.75) is 38.9 Å². The third-order valence-corrected chi connectivity index (χ3v) is 7.62. The Morgan fingerprint density at radius 3 is 1.04 bits per heavy atom. The van der Waals surface area contributed by atoms with Gasteiger partial charge < -0.3 is 37.5 Å². The van der Waals surface area contributed by atoms with Gasteiger partial charge in [-0.05, 0) is 57.2 Å². The minimum Gasteiger partial charge on any atom is -0.726 e. The third kappa shape index (κ3) is 14.1. The van der Waals surface area contributed by atoms with Crippen LogP contribution in [0.3, 0.4) is 0 Å². The number of hydrogen-bond acceptors (Lipinski definition) is 13. The van der Waals surface area contributed by atoms with Crippen LogP contribution in [0.2, 0.25) is 0 Å². The number of carbonyl (C=O) groups excluding carboxylic acids is 3. The van der Waals surface area contributed by atoms with E-state index in [0.29, 0.717) is 17.2 Å². The number of benzene rings is 3. The molecule has 0 aromatic heterocycles. The predicted molar refractivity (Wildman–Crippen MR) is 167 cm³/mol. The van der Waals surface area contributed by atoms with Crippen molar-refractivity contribution in [2.24, 2.45) is 0 Å². The Balaban J connectivity index is 0.00000117. The van der Waals surface area contributed by atoms with Crippen LogP contribution < -0.4 is 14.2 Å². The molecule has 3 rings (SSSR count). The first-order valence-electron chi connectivity index (χ1n) is 14.3. The molecular formula is C32H39NO13S. The Bertz CT molecular complexity index is 1340. The summed E-state index contributed by atoms with van der Waals surface area (Å²) in [7, 11) is -1.70. The second kappa shape index (κ2) is 19.1. The van der Waals surface area contributed by atoms with E-state index < -0.39 is 28.9 Å². The topological polar surface area (TPSA) is 173 Å². The molecule has 3 unspecified atom stereocenters. The lowest BCUT2D eigenvalue weighted by molar-refractivity contribution is -0.973. The number of hydrogen-bond donors (Lipinski definition) is 0. The van der Waals surface area contributed by atoms with Crippen LogP contribution in [0, 0.1) is 0 Å². The number of para-hydroxylation sites is 3. The molecule has 0 aliphatic heterocycles. The fourth-order valence-corrected chi connectivity index (χ4v) is 4.19. The highest BCUT2D eigenvalue weighted by molar-refractivity contribution is 7.80. The van der Waals surface area contributed by atoms with Crippen LogP contribution in [-0.4, -0.2) is 88.0 Å². The normalized spacial score (nSPS) is 14.0. The van der Waals surface area contributed by atoms with Crippen molar-refractivity contribution in [2.75, 3.05) is 34.0 Å². The van der Waals surface area contributed by atoms with Crippen molar-refractivity contribution in [1.29, 1.82) is 0 Å². The molecule has 0 saturated heterocycles. The average molecular weight is 678 g/mol. The quantitative estimate of drug-likeness (QED) is 0.0567. The molecule has 3 atom stereocenters. The Kier molecular flexibility index (Phi) is 15.6. The molecule has 15 heteroatoms. The highest BCUT2D eigenvalue weighted by Gasteiger charge is 2.42. The second-order valence-corrected chi connectivity index (χ2v) is 11.4. The molecule has 0 amide bonds. The smallest absolute Gasteiger partial charge is 0.514 e. The molecule has 0 bridgehead atoms. The number of carbonyl (C=O) groups is 3. The second-order valence-electron chi connectivity index (χ2n) is 10.3. The van der Waals surface area contributed by atoms with Crippen LogP contribution in [0.15, 0.2) is 91.0 Å². The molecule has 14 nitrogen and oxygen atoms in total. The summed E-state index contributed by atoms with van der Waals surface area (Å²) < 4.78 is 63.2. The van der Waals surface area contributed by atoms with Gasteiger partial charge in [-0.3, -0.25) is 4.18 Å². The summed E-state index contributed by atoms with van der Waals surface area (Å²) in [5.74, 6) is 1.08. The first-order chi connectivity index (χ1) is 22.2. The van der Waals surface area contributed by atoms with Crippen molar-refractivity contribution in [3.8, 4) is 17.2 Å². The molecule has 47 heavy (non-hydrogen) atoms. The van der Waals surface area contributed by atoms with Crippen molar-refractivity contribution in [1.82, 2.24) is 0 Å². The van der Waals surface area contributed by atoms with E-state index in [9.17, 15) is 27.4 Å². The Labute approximate surface area is 274 Å². The number of ether oxygens (including phenoxy) is 6. The summed E-state index contributed by atoms with van der Waals surface area (Å²) >= 11 is 0. The molecule has 3 aromatic carbocycles. The van der Waals surface area contributed by atoms with Gasteiger partial charge in [0, 0.05) is 0 Å². The minimum absolute atomic E-state index is 0.0141. The lowest BCUT2D eigenvalue weighted by Gasteiger charge is -2.48. The molecule has 256 valence electrons. The van der Waals surface area contributed by atoms with E-state index in [1.165, 1.54) is 0 Å².